The standard InChI is InChI=1S/C17H18ClN3/c1-21-17-5-3-2-4-15(17)16(20-21)12-19-14-8-6-13(7-9-14)10-11-18/h2-9,19H,10-12H2,1H3. The van der Waals surface area contributed by atoms with E-state index in [0.717, 1.165) is 29.9 Å². The lowest BCUT2D eigenvalue weighted by Crippen LogP contribution is -2.01. The summed E-state index contributed by atoms with van der Waals surface area (Å²) in [6.45, 7) is 0.718. The number of para-hydroxylation sites is 1. The molecule has 0 fully saturated rings. The first kappa shape index (κ1) is 14.0. The molecule has 3 nitrogen and oxygen atoms in total. The van der Waals surface area contributed by atoms with Crippen LogP contribution in [0.15, 0.2) is 48.5 Å². The molecule has 0 aliphatic carbocycles. The van der Waals surface area contributed by atoms with Crippen LogP contribution in [0.5, 0.6) is 0 Å². The number of aromatic nitrogens is 2. The lowest BCUT2D eigenvalue weighted by atomic mass is 10.1. The summed E-state index contributed by atoms with van der Waals surface area (Å²) < 4.78 is 1.93. The Labute approximate surface area is 129 Å². The van der Waals surface area contributed by atoms with E-state index in [-0.39, 0.29) is 0 Å². The number of fused-ring (bicyclic) bond motifs is 1. The molecule has 1 N–H and O–H groups in total. The Balaban J connectivity index is 1.74. The van der Waals surface area contributed by atoms with Crippen molar-refractivity contribution in [3.63, 3.8) is 0 Å². The summed E-state index contributed by atoms with van der Waals surface area (Å²) in [7, 11) is 1.98. The van der Waals surface area contributed by atoms with Gasteiger partial charge in [-0.3, -0.25) is 4.68 Å². The minimum absolute atomic E-state index is 0.659. The van der Waals surface area contributed by atoms with Gasteiger partial charge in [-0.1, -0.05) is 30.3 Å². The molecule has 0 aliphatic rings. The van der Waals surface area contributed by atoms with Gasteiger partial charge in [-0.2, -0.15) is 5.10 Å². The molecule has 0 amide bonds. The van der Waals surface area contributed by atoms with Crippen LogP contribution in [-0.4, -0.2) is 15.7 Å². The van der Waals surface area contributed by atoms with Crippen molar-refractivity contribution in [2.45, 2.75) is 13.0 Å². The van der Waals surface area contributed by atoms with Crippen molar-refractivity contribution in [2.24, 2.45) is 7.05 Å². The smallest absolute Gasteiger partial charge is 0.0894 e. The summed E-state index contributed by atoms with van der Waals surface area (Å²) in [5.41, 5.74) is 4.59. The molecule has 0 bridgehead atoms. The fraction of sp³-hybridized carbons (Fsp3) is 0.235. The summed E-state index contributed by atoms with van der Waals surface area (Å²) in [4.78, 5) is 0. The van der Waals surface area contributed by atoms with E-state index in [9.17, 15) is 0 Å². The fourth-order valence-corrected chi connectivity index (χ4v) is 2.72. The van der Waals surface area contributed by atoms with E-state index in [0.29, 0.717) is 5.88 Å². The minimum atomic E-state index is 0.659. The highest BCUT2D eigenvalue weighted by Crippen LogP contribution is 2.19. The number of halogens is 1. The number of nitrogens with zero attached hydrogens (tertiary/aromatic N) is 2. The second-order valence-electron chi connectivity index (χ2n) is 5.08. The monoisotopic (exact) mass is 299 g/mol. The molecule has 21 heavy (non-hydrogen) atoms. The molecule has 0 radical (unpaired) electrons. The molecule has 0 aliphatic heterocycles. The third-order valence-corrected chi connectivity index (χ3v) is 3.82. The van der Waals surface area contributed by atoms with Crippen LogP contribution in [-0.2, 0) is 20.0 Å². The van der Waals surface area contributed by atoms with E-state index >= 15 is 0 Å². The number of alkyl halides is 1. The maximum atomic E-state index is 5.75. The molecule has 0 unspecified atom stereocenters. The zero-order chi connectivity index (χ0) is 14.7. The van der Waals surface area contributed by atoms with E-state index in [1.807, 2.05) is 17.8 Å². The number of aryl methyl sites for hydroxylation is 2. The normalized spacial score (nSPS) is 11.0. The Morgan fingerprint density at radius 1 is 1.10 bits per heavy atom. The van der Waals surface area contributed by atoms with E-state index in [1.54, 1.807) is 0 Å². The molecular formula is C17H18ClN3. The molecule has 3 aromatic rings. The van der Waals surface area contributed by atoms with Gasteiger partial charge in [-0.15, -0.1) is 11.6 Å². The topological polar surface area (TPSA) is 29.9 Å². The van der Waals surface area contributed by atoms with E-state index in [1.165, 1.54) is 10.9 Å². The Bertz CT molecular complexity index is 731. The quantitative estimate of drug-likeness (QED) is 0.723. The lowest BCUT2D eigenvalue weighted by molar-refractivity contribution is 0.771. The highest BCUT2D eigenvalue weighted by Gasteiger charge is 2.07. The summed E-state index contributed by atoms with van der Waals surface area (Å²) in [5, 5.41) is 9.22. The van der Waals surface area contributed by atoms with Crippen molar-refractivity contribution in [3.05, 3.63) is 59.8 Å². The third-order valence-electron chi connectivity index (χ3n) is 3.63. The second-order valence-corrected chi connectivity index (χ2v) is 5.45. The van der Waals surface area contributed by atoms with E-state index in [2.05, 4.69) is 52.9 Å². The summed E-state index contributed by atoms with van der Waals surface area (Å²) >= 11 is 5.75. The van der Waals surface area contributed by atoms with Crippen molar-refractivity contribution in [3.8, 4) is 0 Å². The first-order chi connectivity index (χ1) is 10.3. The van der Waals surface area contributed by atoms with Crippen molar-refractivity contribution >= 4 is 28.2 Å². The third kappa shape index (κ3) is 3.03. The second kappa shape index (κ2) is 6.19. The van der Waals surface area contributed by atoms with Gasteiger partial charge in [0.05, 0.1) is 17.8 Å². The molecule has 0 saturated heterocycles. The number of hydrogen-bond donors (Lipinski definition) is 1. The average Bonchev–Trinajstić information content (AvgIpc) is 2.84. The molecule has 3 rings (SSSR count). The number of anilines is 1. The molecule has 1 aromatic heterocycles. The Morgan fingerprint density at radius 3 is 2.62 bits per heavy atom. The average molecular weight is 300 g/mol. The lowest BCUT2D eigenvalue weighted by Gasteiger charge is -2.06. The summed E-state index contributed by atoms with van der Waals surface area (Å²) in [5.74, 6) is 0.659. The summed E-state index contributed by atoms with van der Waals surface area (Å²) in [6.07, 6.45) is 0.909. The first-order valence-corrected chi connectivity index (χ1v) is 7.61. The predicted octanol–water partition coefficient (Wildman–Crippen LogP) is 3.97. The van der Waals surface area contributed by atoms with Crippen LogP contribution < -0.4 is 5.32 Å². The molecule has 0 saturated carbocycles. The van der Waals surface area contributed by atoms with Gasteiger partial charge < -0.3 is 5.32 Å². The van der Waals surface area contributed by atoms with Crippen LogP contribution in [0.1, 0.15) is 11.3 Å². The predicted molar refractivity (Wildman–Crippen MR) is 88.9 cm³/mol. The largest absolute Gasteiger partial charge is 0.379 e. The molecule has 108 valence electrons. The summed E-state index contributed by atoms with van der Waals surface area (Å²) in [6, 6.07) is 16.7. The zero-order valence-corrected chi connectivity index (χ0v) is 12.8. The highest BCUT2D eigenvalue weighted by atomic mass is 35.5. The van der Waals surface area contributed by atoms with Crippen molar-refractivity contribution in [1.82, 2.24) is 9.78 Å². The van der Waals surface area contributed by atoms with Crippen LogP contribution in [0, 0.1) is 0 Å². The van der Waals surface area contributed by atoms with Gasteiger partial charge in [0.1, 0.15) is 0 Å². The van der Waals surface area contributed by atoms with Crippen LogP contribution >= 0.6 is 11.6 Å². The van der Waals surface area contributed by atoms with E-state index < -0.39 is 0 Å². The number of nitrogens with one attached hydrogen (secondary N) is 1. The molecular weight excluding hydrogens is 282 g/mol. The molecule has 1 heterocycles. The Hall–Kier alpha value is -2.00. The van der Waals surface area contributed by atoms with Crippen LogP contribution in [0.25, 0.3) is 10.9 Å². The Kier molecular flexibility index (Phi) is 4.11. The fourth-order valence-electron chi connectivity index (χ4n) is 2.50. The van der Waals surface area contributed by atoms with Crippen molar-refractivity contribution in [1.29, 1.82) is 0 Å². The van der Waals surface area contributed by atoms with Gasteiger partial charge in [0.15, 0.2) is 0 Å². The number of hydrogen-bond acceptors (Lipinski definition) is 2. The Morgan fingerprint density at radius 2 is 1.86 bits per heavy atom. The van der Waals surface area contributed by atoms with Crippen molar-refractivity contribution in [2.75, 3.05) is 11.2 Å². The van der Waals surface area contributed by atoms with Crippen molar-refractivity contribution < 1.29 is 0 Å². The molecule has 2 aromatic carbocycles. The highest BCUT2D eigenvalue weighted by molar-refractivity contribution is 6.17. The van der Waals surface area contributed by atoms with Crippen LogP contribution in [0.2, 0.25) is 0 Å². The molecule has 0 atom stereocenters. The molecule has 0 spiro atoms. The SMILES string of the molecule is Cn1nc(CNc2ccc(CCCl)cc2)c2ccccc21. The van der Waals surface area contributed by atoms with Crippen LogP contribution in [0.4, 0.5) is 5.69 Å². The van der Waals surface area contributed by atoms with Gasteiger partial charge >= 0.3 is 0 Å². The maximum absolute atomic E-state index is 5.75. The van der Waals surface area contributed by atoms with Gasteiger partial charge in [0, 0.05) is 24.0 Å². The first-order valence-electron chi connectivity index (χ1n) is 7.07. The van der Waals surface area contributed by atoms with Gasteiger partial charge in [0.25, 0.3) is 0 Å². The van der Waals surface area contributed by atoms with Gasteiger partial charge in [-0.05, 0) is 30.2 Å². The van der Waals surface area contributed by atoms with Gasteiger partial charge in [-0.25, -0.2) is 0 Å². The van der Waals surface area contributed by atoms with Crippen LogP contribution in [0.3, 0.4) is 0 Å². The van der Waals surface area contributed by atoms with Gasteiger partial charge in [0.2, 0.25) is 0 Å². The zero-order valence-electron chi connectivity index (χ0n) is 12.0. The van der Waals surface area contributed by atoms with E-state index in [4.69, 9.17) is 11.6 Å². The maximum Gasteiger partial charge on any atom is 0.0894 e. The number of rotatable bonds is 5. The minimum Gasteiger partial charge on any atom is -0.379 e. The molecule has 4 heteroatoms. The number of benzene rings is 2.